The zero-order valence-corrected chi connectivity index (χ0v) is 15.6. The number of rotatable bonds is 7. The van der Waals surface area contributed by atoms with E-state index in [1.165, 1.54) is 24.5 Å². The van der Waals surface area contributed by atoms with Gasteiger partial charge in [-0.25, -0.2) is 4.57 Å². The Balaban J connectivity index is 1.68. The SMILES string of the molecule is Cc1cc(OCC[n+]2ccc(N)cc2)cc(OS(=O)(=O)c2ccncc2)c1. The molecule has 0 amide bonds. The summed E-state index contributed by atoms with van der Waals surface area (Å²) in [7, 11) is -3.93. The zero-order chi connectivity index (χ0) is 19.3. The molecular formula is C19H20N3O4S+. The summed E-state index contributed by atoms with van der Waals surface area (Å²) in [6.07, 6.45) is 6.53. The molecule has 3 rings (SSSR count). The summed E-state index contributed by atoms with van der Waals surface area (Å²) in [5, 5.41) is 0. The minimum atomic E-state index is -3.93. The number of nitrogens with zero attached hydrogens (tertiary/aromatic N) is 2. The fourth-order valence-electron chi connectivity index (χ4n) is 2.41. The Hall–Kier alpha value is -3.13. The van der Waals surface area contributed by atoms with Gasteiger partial charge in [-0.1, -0.05) is 0 Å². The standard InChI is InChI=1S/C19H19N3O4S/c1-15-12-17(25-11-10-22-8-4-16(20)5-9-22)14-18(13-15)26-27(23,24)19-2-6-21-7-3-19/h2-9,12-14,20H,10-11H2,1H3/p+1. The molecule has 7 nitrogen and oxygen atoms in total. The topological polar surface area (TPSA) is 95.4 Å². The molecule has 0 radical (unpaired) electrons. The Labute approximate surface area is 158 Å². The number of hydrogen-bond donors (Lipinski definition) is 1. The van der Waals surface area contributed by atoms with Gasteiger partial charge >= 0.3 is 10.1 Å². The molecule has 0 spiro atoms. The third-order valence-corrected chi connectivity index (χ3v) is 4.97. The van der Waals surface area contributed by atoms with Gasteiger partial charge in [0.15, 0.2) is 18.9 Å². The highest BCUT2D eigenvalue weighted by Crippen LogP contribution is 2.25. The number of nitrogens with two attached hydrogens (primary N) is 1. The number of aryl methyl sites for hydroxylation is 1. The van der Waals surface area contributed by atoms with Gasteiger partial charge in [0.05, 0.1) is 0 Å². The van der Waals surface area contributed by atoms with Crippen molar-refractivity contribution in [2.75, 3.05) is 12.3 Å². The minimum absolute atomic E-state index is 0.0428. The van der Waals surface area contributed by atoms with Crippen LogP contribution in [0.4, 0.5) is 5.69 Å². The van der Waals surface area contributed by atoms with Gasteiger partial charge < -0.3 is 14.7 Å². The van der Waals surface area contributed by atoms with Gasteiger partial charge in [0, 0.05) is 36.3 Å². The first-order chi connectivity index (χ1) is 12.9. The third-order valence-electron chi connectivity index (χ3n) is 3.70. The Morgan fingerprint density at radius 2 is 1.70 bits per heavy atom. The summed E-state index contributed by atoms with van der Waals surface area (Å²) >= 11 is 0. The molecule has 0 aliphatic carbocycles. The second-order valence-corrected chi connectivity index (χ2v) is 7.47. The fourth-order valence-corrected chi connectivity index (χ4v) is 3.31. The maximum Gasteiger partial charge on any atom is 0.339 e. The van der Waals surface area contributed by atoms with Crippen molar-refractivity contribution in [3.8, 4) is 11.5 Å². The van der Waals surface area contributed by atoms with Crippen molar-refractivity contribution in [1.82, 2.24) is 4.98 Å². The monoisotopic (exact) mass is 386 g/mol. The quantitative estimate of drug-likeness (QED) is 0.494. The maximum absolute atomic E-state index is 12.3. The summed E-state index contributed by atoms with van der Waals surface area (Å²) in [5.74, 6) is 0.730. The molecule has 3 aromatic rings. The van der Waals surface area contributed by atoms with E-state index in [0.717, 1.165) is 5.56 Å². The van der Waals surface area contributed by atoms with E-state index in [1.807, 2.05) is 42.1 Å². The highest BCUT2D eigenvalue weighted by atomic mass is 32.2. The van der Waals surface area contributed by atoms with Crippen LogP contribution >= 0.6 is 0 Å². The number of hydrogen-bond acceptors (Lipinski definition) is 6. The van der Waals surface area contributed by atoms with Crippen LogP contribution in [0.5, 0.6) is 11.5 Å². The van der Waals surface area contributed by atoms with Crippen LogP contribution < -0.4 is 19.2 Å². The summed E-state index contributed by atoms with van der Waals surface area (Å²) in [6, 6.07) is 11.4. The molecule has 0 fully saturated rings. The summed E-state index contributed by atoms with van der Waals surface area (Å²) < 4.78 is 37.6. The van der Waals surface area contributed by atoms with E-state index in [2.05, 4.69) is 4.98 Å². The van der Waals surface area contributed by atoms with E-state index in [1.54, 1.807) is 12.1 Å². The second kappa shape index (κ2) is 8.05. The van der Waals surface area contributed by atoms with Crippen molar-refractivity contribution in [1.29, 1.82) is 0 Å². The zero-order valence-electron chi connectivity index (χ0n) is 14.8. The Kier molecular flexibility index (Phi) is 5.56. The first-order valence-electron chi connectivity index (χ1n) is 8.26. The number of benzene rings is 1. The Morgan fingerprint density at radius 1 is 1.04 bits per heavy atom. The molecule has 0 aliphatic heterocycles. The third kappa shape index (κ3) is 5.18. The molecule has 0 saturated heterocycles. The van der Waals surface area contributed by atoms with Crippen LogP contribution in [0.3, 0.4) is 0 Å². The van der Waals surface area contributed by atoms with E-state index >= 15 is 0 Å². The molecule has 0 bridgehead atoms. The van der Waals surface area contributed by atoms with Crippen molar-refractivity contribution in [2.24, 2.45) is 0 Å². The van der Waals surface area contributed by atoms with E-state index < -0.39 is 10.1 Å². The number of anilines is 1. The highest BCUT2D eigenvalue weighted by molar-refractivity contribution is 7.87. The van der Waals surface area contributed by atoms with Crippen molar-refractivity contribution in [3.63, 3.8) is 0 Å². The number of nitrogen functional groups attached to an aromatic ring is 1. The molecule has 1 aromatic carbocycles. The van der Waals surface area contributed by atoms with Crippen LogP contribution in [0.1, 0.15) is 5.56 Å². The predicted molar refractivity (Wildman–Crippen MR) is 99.8 cm³/mol. The predicted octanol–water partition coefficient (Wildman–Crippen LogP) is 2.11. The molecule has 2 N–H and O–H groups in total. The average Bonchev–Trinajstić information content (AvgIpc) is 2.63. The lowest BCUT2D eigenvalue weighted by Crippen LogP contribution is -2.35. The minimum Gasteiger partial charge on any atom is -0.487 e. The lowest BCUT2D eigenvalue weighted by Gasteiger charge is -2.10. The van der Waals surface area contributed by atoms with Gasteiger partial charge in [-0.15, -0.1) is 0 Å². The first kappa shape index (κ1) is 18.7. The normalized spacial score (nSPS) is 11.1. The molecule has 27 heavy (non-hydrogen) atoms. The number of pyridine rings is 2. The molecule has 2 aromatic heterocycles. The Morgan fingerprint density at radius 3 is 2.41 bits per heavy atom. The van der Waals surface area contributed by atoms with Crippen molar-refractivity contribution in [3.05, 3.63) is 72.8 Å². The maximum atomic E-state index is 12.3. The number of aromatic nitrogens is 2. The summed E-state index contributed by atoms with van der Waals surface area (Å²) in [5.41, 5.74) is 7.18. The van der Waals surface area contributed by atoms with Crippen LogP contribution in [0.15, 0.2) is 72.1 Å². The van der Waals surface area contributed by atoms with E-state index in [0.29, 0.717) is 24.6 Å². The molecule has 0 unspecified atom stereocenters. The van der Waals surface area contributed by atoms with Crippen molar-refractivity contribution >= 4 is 15.8 Å². The van der Waals surface area contributed by atoms with Crippen LogP contribution in [0, 0.1) is 6.92 Å². The van der Waals surface area contributed by atoms with Gasteiger partial charge in [0.25, 0.3) is 0 Å². The van der Waals surface area contributed by atoms with Crippen molar-refractivity contribution < 1.29 is 21.9 Å². The molecular weight excluding hydrogens is 366 g/mol. The summed E-state index contributed by atoms with van der Waals surface area (Å²) in [6.45, 7) is 2.88. The molecule has 2 heterocycles. The van der Waals surface area contributed by atoms with Crippen LogP contribution in [0.25, 0.3) is 0 Å². The largest absolute Gasteiger partial charge is 0.487 e. The highest BCUT2D eigenvalue weighted by Gasteiger charge is 2.17. The summed E-state index contributed by atoms with van der Waals surface area (Å²) in [4.78, 5) is 3.85. The van der Waals surface area contributed by atoms with Crippen LogP contribution in [-0.2, 0) is 16.7 Å². The first-order valence-corrected chi connectivity index (χ1v) is 9.67. The van der Waals surface area contributed by atoms with Gasteiger partial charge in [-0.3, -0.25) is 4.98 Å². The molecule has 8 heteroatoms. The van der Waals surface area contributed by atoms with Crippen molar-refractivity contribution in [2.45, 2.75) is 18.4 Å². The lowest BCUT2D eigenvalue weighted by atomic mass is 10.2. The van der Waals surface area contributed by atoms with Crippen LogP contribution in [-0.4, -0.2) is 20.0 Å². The van der Waals surface area contributed by atoms with E-state index in [9.17, 15) is 8.42 Å². The number of ether oxygens (including phenoxy) is 1. The second-order valence-electron chi connectivity index (χ2n) is 5.92. The van der Waals surface area contributed by atoms with E-state index in [4.69, 9.17) is 14.7 Å². The van der Waals surface area contributed by atoms with E-state index in [-0.39, 0.29) is 10.6 Å². The molecule has 140 valence electrons. The van der Waals surface area contributed by atoms with Gasteiger partial charge in [-0.05, 0) is 36.8 Å². The van der Waals surface area contributed by atoms with Crippen LogP contribution in [0.2, 0.25) is 0 Å². The average molecular weight is 386 g/mol. The van der Waals surface area contributed by atoms with Gasteiger partial charge in [0.1, 0.15) is 23.0 Å². The van der Waals surface area contributed by atoms with Gasteiger partial charge in [-0.2, -0.15) is 8.42 Å². The smallest absolute Gasteiger partial charge is 0.339 e. The fraction of sp³-hybridized carbons (Fsp3) is 0.158. The molecule has 0 atom stereocenters. The molecule has 0 saturated carbocycles. The van der Waals surface area contributed by atoms with Gasteiger partial charge in [0.2, 0.25) is 0 Å². The Bertz CT molecular complexity index is 1010. The lowest BCUT2D eigenvalue weighted by molar-refractivity contribution is -0.697. The molecule has 0 aliphatic rings.